The highest BCUT2D eigenvalue weighted by Crippen LogP contribution is 2.22. The Bertz CT molecular complexity index is 525. The number of nitrogens with zero attached hydrogens (tertiary/aromatic N) is 1. The average molecular weight is 333 g/mol. The van der Waals surface area contributed by atoms with Gasteiger partial charge in [0.05, 0.1) is 4.90 Å². The van der Waals surface area contributed by atoms with E-state index < -0.39 is 9.84 Å². The first-order valence-corrected chi connectivity index (χ1v) is 8.57. The Balaban J connectivity index is 2.27. The third kappa shape index (κ3) is 3.54. The molecule has 0 spiro atoms. The fourth-order valence-corrected chi connectivity index (χ4v) is 3.47. The van der Waals surface area contributed by atoms with Gasteiger partial charge in [-0.1, -0.05) is 15.9 Å². The summed E-state index contributed by atoms with van der Waals surface area (Å²) >= 11 is 3.40. The van der Waals surface area contributed by atoms with Crippen LogP contribution in [0.1, 0.15) is 5.56 Å². The van der Waals surface area contributed by atoms with Gasteiger partial charge in [-0.05, 0) is 23.8 Å². The number of piperazine rings is 1. The largest absolute Gasteiger partial charge is 0.314 e. The van der Waals surface area contributed by atoms with Gasteiger partial charge < -0.3 is 5.32 Å². The third-order valence-electron chi connectivity index (χ3n) is 3.03. The zero-order valence-electron chi connectivity index (χ0n) is 10.3. The molecule has 1 saturated heterocycles. The molecule has 1 aromatic rings. The van der Waals surface area contributed by atoms with Crippen molar-refractivity contribution in [3.05, 3.63) is 28.2 Å². The molecule has 1 aliphatic rings. The van der Waals surface area contributed by atoms with Crippen LogP contribution in [0.5, 0.6) is 0 Å². The molecular weight excluding hydrogens is 316 g/mol. The van der Waals surface area contributed by atoms with Crippen LogP contribution in [0.3, 0.4) is 0 Å². The number of sulfone groups is 1. The third-order valence-corrected chi connectivity index (χ3v) is 4.72. The molecule has 0 aromatic heterocycles. The van der Waals surface area contributed by atoms with E-state index >= 15 is 0 Å². The minimum absolute atomic E-state index is 0.434. The van der Waals surface area contributed by atoms with Gasteiger partial charge in [0.15, 0.2) is 9.84 Å². The lowest BCUT2D eigenvalue weighted by molar-refractivity contribution is 0.231. The standard InChI is InChI=1S/C12H17BrN2O2S/c1-18(16,17)12-3-2-11(13)8-10(12)9-15-6-4-14-5-7-15/h2-3,8,14H,4-7,9H2,1H3. The molecule has 1 aliphatic heterocycles. The van der Waals surface area contributed by atoms with Crippen molar-refractivity contribution in [2.45, 2.75) is 11.4 Å². The van der Waals surface area contributed by atoms with E-state index in [1.54, 1.807) is 12.1 Å². The molecule has 1 N–H and O–H groups in total. The smallest absolute Gasteiger partial charge is 0.175 e. The first-order valence-electron chi connectivity index (χ1n) is 5.88. The van der Waals surface area contributed by atoms with Crippen molar-refractivity contribution in [1.29, 1.82) is 0 Å². The molecule has 1 fully saturated rings. The van der Waals surface area contributed by atoms with E-state index in [1.807, 2.05) is 6.07 Å². The van der Waals surface area contributed by atoms with E-state index in [0.29, 0.717) is 11.4 Å². The predicted octanol–water partition coefficient (Wildman–Crippen LogP) is 1.26. The number of halogens is 1. The van der Waals surface area contributed by atoms with E-state index in [4.69, 9.17) is 0 Å². The monoisotopic (exact) mass is 332 g/mol. The summed E-state index contributed by atoms with van der Waals surface area (Å²) in [5.41, 5.74) is 0.869. The minimum Gasteiger partial charge on any atom is -0.314 e. The van der Waals surface area contributed by atoms with Gasteiger partial charge in [-0.2, -0.15) is 0 Å². The number of benzene rings is 1. The van der Waals surface area contributed by atoms with Gasteiger partial charge in [0, 0.05) is 43.5 Å². The van der Waals surface area contributed by atoms with Crippen LogP contribution >= 0.6 is 15.9 Å². The highest BCUT2D eigenvalue weighted by molar-refractivity contribution is 9.10. The van der Waals surface area contributed by atoms with Gasteiger partial charge in [0.2, 0.25) is 0 Å². The van der Waals surface area contributed by atoms with Crippen LogP contribution < -0.4 is 5.32 Å². The Kier molecular flexibility index (Phi) is 4.42. The van der Waals surface area contributed by atoms with Crippen LogP contribution in [0, 0.1) is 0 Å². The number of hydrogen-bond donors (Lipinski definition) is 1. The van der Waals surface area contributed by atoms with E-state index in [1.165, 1.54) is 6.26 Å². The second kappa shape index (κ2) is 5.69. The van der Waals surface area contributed by atoms with Gasteiger partial charge in [-0.15, -0.1) is 0 Å². The fraction of sp³-hybridized carbons (Fsp3) is 0.500. The first-order chi connectivity index (χ1) is 8.47. The lowest BCUT2D eigenvalue weighted by Gasteiger charge is -2.27. The van der Waals surface area contributed by atoms with E-state index in [2.05, 4.69) is 26.1 Å². The number of rotatable bonds is 3. The minimum atomic E-state index is -3.16. The molecule has 0 amide bonds. The van der Waals surface area contributed by atoms with E-state index in [9.17, 15) is 8.42 Å². The van der Waals surface area contributed by atoms with Gasteiger partial charge in [-0.25, -0.2) is 8.42 Å². The van der Waals surface area contributed by atoms with Crippen LogP contribution in [0.2, 0.25) is 0 Å². The van der Waals surface area contributed by atoms with Crippen molar-refractivity contribution in [3.8, 4) is 0 Å². The van der Waals surface area contributed by atoms with Crippen LogP contribution in [0.15, 0.2) is 27.6 Å². The highest BCUT2D eigenvalue weighted by Gasteiger charge is 2.17. The fourth-order valence-electron chi connectivity index (χ4n) is 2.14. The summed E-state index contributed by atoms with van der Waals surface area (Å²) in [7, 11) is -3.16. The molecule has 0 atom stereocenters. The number of nitrogens with one attached hydrogen (secondary N) is 1. The molecule has 18 heavy (non-hydrogen) atoms. The van der Waals surface area contributed by atoms with E-state index in [-0.39, 0.29) is 0 Å². The van der Waals surface area contributed by atoms with Crippen LogP contribution in [0.4, 0.5) is 0 Å². The molecule has 1 heterocycles. The molecule has 0 bridgehead atoms. The molecule has 2 rings (SSSR count). The van der Waals surface area contributed by atoms with Gasteiger partial charge >= 0.3 is 0 Å². The van der Waals surface area contributed by atoms with Crippen molar-refractivity contribution >= 4 is 25.8 Å². The lowest BCUT2D eigenvalue weighted by Crippen LogP contribution is -2.43. The van der Waals surface area contributed by atoms with Crippen molar-refractivity contribution < 1.29 is 8.42 Å². The molecule has 0 radical (unpaired) electrons. The topological polar surface area (TPSA) is 49.4 Å². The Morgan fingerprint density at radius 2 is 2.00 bits per heavy atom. The number of hydrogen-bond acceptors (Lipinski definition) is 4. The molecule has 0 unspecified atom stereocenters. The first kappa shape index (κ1) is 14.0. The van der Waals surface area contributed by atoms with Gasteiger partial charge in [0.1, 0.15) is 0 Å². The van der Waals surface area contributed by atoms with E-state index in [0.717, 1.165) is 36.2 Å². The summed E-state index contributed by atoms with van der Waals surface area (Å²) in [5, 5.41) is 3.29. The predicted molar refractivity (Wildman–Crippen MR) is 75.4 cm³/mol. The zero-order valence-corrected chi connectivity index (χ0v) is 12.7. The Morgan fingerprint density at radius 3 is 2.61 bits per heavy atom. The van der Waals surface area contributed by atoms with Crippen LogP contribution in [-0.2, 0) is 16.4 Å². The second-order valence-corrected chi connectivity index (χ2v) is 7.45. The quantitative estimate of drug-likeness (QED) is 0.905. The van der Waals surface area contributed by atoms with Crippen molar-refractivity contribution in [3.63, 3.8) is 0 Å². The highest BCUT2D eigenvalue weighted by atomic mass is 79.9. The Morgan fingerprint density at radius 1 is 1.33 bits per heavy atom. The summed E-state index contributed by atoms with van der Waals surface area (Å²) in [6.07, 6.45) is 1.26. The van der Waals surface area contributed by atoms with Crippen molar-refractivity contribution in [2.75, 3.05) is 32.4 Å². The average Bonchev–Trinajstić information content (AvgIpc) is 2.28. The summed E-state index contributed by atoms with van der Waals surface area (Å²) < 4.78 is 24.4. The maximum absolute atomic E-state index is 11.8. The Labute approximate surface area is 116 Å². The summed E-state index contributed by atoms with van der Waals surface area (Å²) in [6.45, 7) is 4.51. The lowest BCUT2D eigenvalue weighted by atomic mass is 10.2. The zero-order chi connectivity index (χ0) is 13.2. The van der Waals surface area contributed by atoms with Crippen molar-refractivity contribution in [2.24, 2.45) is 0 Å². The molecule has 1 aromatic carbocycles. The SMILES string of the molecule is CS(=O)(=O)c1ccc(Br)cc1CN1CCNCC1. The molecule has 4 nitrogen and oxygen atoms in total. The Hall–Kier alpha value is -0.430. The molecule has 0 saturated carbocycles. The summed E-state index contributed by atoms with van der Waals surface area (Å²) in [6, 6.07) is 5.35. The van der Waals surface area contributed by atoms with Gasteiger partial charge in [-0.3, -0.25) is 4.90 Å². The second-order valence-electron chi connectivity index (χ2n) is 4.55. The summed E-state index contributed by atoms with van der Waals surface area (Å²) in [4.78, 5) is 2.71. The molecular formula is C12H17BrN2O2S. The maximum Gasteiger partial charge on any atom is 0.175 e. The van der Waals surface area contributed by atoms with Crippen LogP contribution in [-0.4, -0.2) is 45.8 Å². The van der Waals surface area contributed by atoms with Crippen LogP contribution in [0.25, 0.3) is 0 Å². The molecule has 100 valence electrons. The van der Waals surface area contributed by atoms with Gasteiger partial charge in [0.25, 0.3) is 0 Å². The summed E-state index contributed by atoms with van der Waals surface area (Å²) in [5.74, 6) is 0. The molecule has 6 heteroatoms. The normalized spacial score (nSPS) is 17.9. The van der Waals surface area contributed by atoms with Crippen molar-refractivity contribution in [1.82, 2.24) is 10.2 Å². The maximum atomic E-state index is 11.8. The molecule has 0 aliphatic carbocycles.